The number of pyridine rings is 1. The summed E-state index contributed by atoms with van der Waals surface area (Å²) >= 11 is 0. The third-order valence-electron chi connectivity index (χ3n) is 4.92. The molecule has 0 atom stereocenters. The van der Waals surface area contributed by atoms with E-state index in [2.05, 4.69) is 15.6 Å². The molecule has 2 aromatic carbocycles. The van der Waals surface area contributed by atoms with E-state index < -0.39 is 34.9 Å². The number of aromatic nitrogens is 1. The van der Waals surface area contributed by atoms with Crippen LogP contribution in [-0.4, -0.2) is 30.9 Å². The molecule has 6 nitrogen and oxygen atoms in total. The molecule has 0 radical (unpaired) electrons. The van der Waals surface area contributed by atoms with E-state index in [-0.39, 0.29) is 11.4 Å². The fourth-order valence-corrected chi connectivity index (χ4v) is 3.22. The zero-order valence-electron chi connectivity index (χ0n) is 17.9. The maximum absolute atomic E-state index is 13.8. The van der Waals surface area contributed by atoms with Crippen LogP contribution in [0.1, 0.15) is 32.0 Å². The zero-order chi connectivity index (χ0) is 24.3. The number of halogens is 4. The first-order valence-electron chi connectivity index (χ1n) is 9.72. The van der Waals surface area contributed by atoms with Gasteiger partial charge < -0.3 is 15.5 Å². The molecule has 10 heteroatoms. The number of alkyl halides is 3. The standard InChI is InChI=1S/C23H20F4N4O2/c1-13-6-4-5-7-19(13)31(3)20-12-29-18(22(33)28-2)11-17(20)30-21(32)14-8-15(23(25,26)27)10-16(24)9-14/h4-12H,1-3H3,(H,28,33)(H,29,30,32). The summed E-state index contributed by atoms with van der Waals surface area (Å²) in [5.74, 6) is -2.71. The Morgan fingerprint density at radius 2 is 1.70 bits per heavy atom. The predicted molar refractivity (Wildman–Crippen MR) is 116 cm³/mol. The topological polar surface area (TPSA) is 74.3 Å². The Labute approximate surface area is 187 Å². The number of para-hydroxylation sites is 1. The summed E-state index contributed by atoms with van der Waals surface area (Å²) in [5.41, 5.74) is 0.330. The van der Waals surface area contributed by atoms with E-state index in [1.807, 2.05) is 31.2 Å². The largest absolute Gasteiger partial charge is 0.416 e. The van der Waals surface area contributed by atoms with Gasteiger partial charge in [-0.2, -0.15) is 13.2 Å². The average Bonchev–Trinajstić information content (AvgIpc) is 2.77. The first kappa shape index (κ1) is 23.7. The van der Waals surface area contributed by atoms with Gasteiger partial charge in [0.25, 0.3) is 11.8 Å². The van der Waals surface area contributed by atoms with Crippen molar-refractivity contribution in [3.8, 4) is 0 Å². The highest BCUT2D eigenvalue weighted by Crippen LogP contribution is 2.34. The molecule has 0 saturated carbocycles. The number of benzene rings is 2. The van der Waals surface area contributed by atoms with Crippen molar-refractivity contribution in [1.82, 2.24) is 10.3 Å². The molecule has 0 bridgehead atoms. The molecule has 33 heavy (non-hydrogen) atoms. The second kappa shape index (κ2) is 9.27. The van der Waals surface area contributed by atoms with Crippen LogP contribution in [0.5, 0.6) is 0 Å². The fourth-order valence-electron chi connectivity index (χ4n) is 3.22. The fraction of sp³-hybridized carbons (Fsp3) is 0.174. The highest BCUT2D eigenvalue weighted by molar-refractivity contribution is 6.07. The molecule has 1 heterocycles. The number of amides is 2. The smallest absolute Gasteiger partial charge is 0.354 e. The number of nitrogens with one attached hydrogen (secondary N) is 2. The predicted octanol–water partition coefficient (Wildman–Crippen LogP) is 4.93. The van der Waals surface area contributed by atoms with E-state index in [0.29, 0.717) is 23.9 Å². The van der Waals surface area contributed by atoms with Crippen LogP contribution in [0.2, 0.25) is 0 Å². The Hall–Kier alpha value is -3.95. The van der Waals surface area contributed by atoms with E-state index in [1.165, 1.54) is 19.3 Å². The van der Waals surface area contributed by atoms with E-state index in [4.69, 9.17) is 0 Å². The Bertz CT molecular complexity index is 1210. The Balaban J connectivity index is 2.05. The summed E-state index contributed by atoms with van der Waals surface area (Å²) in [6.45, 7) is 1.88. The molecule has 0 aliphatic rings. The lowest BCUT2D eigenvalue weighted by Crippen LogP contribution is -2.22. The van der Waals surface area contributed by atoms with Crippen molar-refractivity contribution in [1.29, 1.82) is 0 Å². The van der Waals surface area contributed by atoms with Gasteiger partial charge in [-0.05, 0) is 42.8 Å². The van der Waals surface area contributed by atoms with Crippen molar-refractivity contribution in [3.05, 3.63) is 82.9 Å². The van der Waals surface area contributed by atoms with Gasteiger partial charge >= 0.3 is 6.18 Å². The molecule has 0 aliphatic carbocycles. The van der Waals surface area contributed by atoms with E-state index >= 15 is 0 Å². The van der Waals surface area contributed by atoms with Crippen molar-refractivity contribution in [2.24, 2.45) is 0 Å². The number of anilines is 3. The maximum Gasteiger partial charge on any atom is 0.416 e. The number of aryl methyl sites for hydroxylation is 1. The molecule has 0 saturated heterocycles. The molecular formula is C23H20F4N4O2. The summed E-state index contributed by atoms with van der Waals surface area (Å²) in [6, 6.07) is 10.2. The number of nitrogens with zero attached hydrogens (tertiary/aromatic N) is 2. The zero-order valence-corrected chi connectivity index (χ0v) is 17.9. The Morgan fingerprint density at radius 1 is 1.00 bits per heavy atom. The van der Waals surface area contributed by atoms with Crippen LogP contribution in [-0.2, 0) is 6.18 Å². The molecule has 0 aliphatic heterocycles. The molecule has 3 aromatic rings. The van der Waals surface area contributed by atoms with Gasteiger partial charge in [0.05, 0.1) is 23.1 Å². The normalized spacial score (nSPS) is 11.1. The number of hydrogen-bond donors (Lipinski definition) is 2. The second-order valence-electron chi connectivity index (χ2n) is 7.19. The summed E-state index contributed by atoms with van der Waals surface area (Å²) in [4.78, 5) is 30.7. The SMILES string of the molecule is CNC(=O)c1cc(NC(=O)c2cc(F)cc(C(F)(F)F)c2)c(N(C)c2ccccc2C)cn1. The van der Waals surface area contributed by atoms with Gasteiger partial charge in [0, 0.05) is 25.3 Å². The van der Waals surface area contributed by atoms with E-state index in [1.54, 1.807) is 11.9 Å². The third-order valence-corrected chi connectivity index (χ3v) is 4.92. The molecule has 0 fully saturated rings. The molecule has 3 rings (SSSR count). The molecule has 172 valence electrons. The van der Waals surface area contributed by atoms with Gasteiger partial charge in [-0.3, -0.25) is 9.59 Å². The Kier molecular flexibility index (Phi) is 6.66. The van der Waals surface area contributed by atoms with Crippen molar-refractivity contribution in [2.75, 3.05) is 24.3 Å². The van der Waals surface area contributed by atoms with Crippen LogP contribution in [0.25, 0.3) is 0 Å². The van der Waals surface area contributed by atoms with Gasteiger partial charge in [0.1, 0.15) is 11.5 Å². The van der Waals surface area contributed by atoms with Gasteiger partial charge in [0.15, 0.2) is 0 Å². The van der Waals surface area contributed by atoms with Gasteiger partial charge in [-0.25, -0.2) is 9.37 Å². The minimum atomic E-state index is -4.82. The van der Waals surface area contributed by atoms with Crippen molar-refractivity contribution in [3.63, 3.8) is 0 Å². The second-order valence-corrected chi connectivity index (χ2v) is 7.19. The molecular weight excluding hydrogens is 440 g/mol. The summed E-state index contributed by atoms with van der Waals surface area (Å²) in [7, 11) is 3.11. The Morgan fingerprint density at radius 3 is 2.33 bits per heavy atom. The van der Waals surface area contributed by atoms with Crippen molar-refractivity contribution >= 4 is 28.9 Å². The van der Waals surface area contributed by atoms with E-state index in [9.17, 15) is 27.2 Å². The molecule has 0 unspecified atom stereocenters. The van der Waals surface area contributed by atoms with Crippen LogP contribution in [0, 0.1) is 12.7 Å². The highest BCUT2D eigenvalue weighted by atomic mass is 19.4. The third kappa shape index (κ3) is 5.28. The van der Waals surface area contributed by atoms with Crippen LogP contribution >= 0.6 is 0 Å². The van der Waals surface area contributed by atoms with Gasteiger partial charge in [0.2, 0.25) is 0 Å². The van der Waals surface area contributed by atoms with Crippen molar-refractivity contribution < 1.29 is 27.2 Å². The maximum atomic E-state index is 13.8. The number of carbonyl (C=O) groups is 2. The van der Waals surface area contributed by atoms with Crippen LogP contribution in [0.4, 0.5) is 34.6 Å². The van der Waals surface area contributed by atoms with Gasteiger partial charge in [-0.1, -0.05) is 18.2 Å². The highest BCUT2D eigenvalue weighted by Gasteiger charge is 2.32. The molecule has 1 aromatic heterocycles. The quantitative estimate of drug-likeness (QED) is 0.530. The summed E-state index contributed by atoms with van der Waals surface area (Å²) < 4.78 is 53.0. The first-order chi connectivity index (χ1) is 15.5. The number of carbonyl (C=O) groups excluding carboxylic acids is 2. The monoisotopic (exact) mass is 460 g/mol. The van der Waals surface area contributed by atoms with Crippen molar-refractivity contribution in [2.45, 2.75) is 13.1 Å². The molecule has 2 amide bonds. The van der Waals surface area contributed by atoms with E-state index in [0.717, 1.165) is 11.3 Å². The average molecular weight is 460 g/mol. The van der Waals surface area contributed by atoms with Gasteiger partial charge in [-0.15, -0.1) is 0 Å². The lowest BCUT2D eigenvalue weighted by Gasteiger charge is -2.24. The molecule has 0 spiro atoms. The number of rotatable bonds is 5. The first-order valence-corrected chi connectivity index (χ1v) is 9.72. The van der Waals surface area contributed by atoms with Crippen LogP contribution < -0.4 is 15.5 Å². The lowest BCUT2D eigenvalue weighted by molar-refractivity contribution is -0.137. The summed E-state index contributed by atoms with van der Waals surface area (Å²) in [6.07, 6.45) is -3.46. The summed E-state index contributed by atoms with van der Waals surface area (Å²) in [5, 5.41) is 4.90. The van der Waals surface area contributed by atoms with Crippen LogP contribution in [0.15, 0.2) is 54.7 Å². The molecule has 2 N–H and O–H groups in total. The minimum Gasteiger partial charge on any atom is -0.354 e. The van der Waals surface area contributed by atoms with Crippen LogP contribution in [0.3, 0.4) is 0 Å². The minimum absolute atomic E-state index is 0.0232. The number of hydrogen-bond acceptors (Lipinski definition) is 4. The lowest BCUT2D eigenvalue weighted by atomic mass is 10.1.